The van der Waals surface area contributed by atoms with Crippen molar-refractivity contribution in [3.05, 3.63) is 65.2 Å². The molecule has 2 aromatic rings. The fraction of sp³-hybridized carbons (Fsp3) is 0.263. The van der Waals surface area contributed by atoms with Crippen LogP contribution in [0.25, 0.3) is 0 Å². The van der Waals surface area contributed by atoms with Crippen molar-refractivity contribution in [2.24, 2.45) is 0 Å². The molecular weight excluding hydrogens is 340 g/mol. The highest BCUT2D eigenvalue weighted by Crippen LogP contribution is 2.13. The van der Waals surface area contributed by atoms with Gasteiger partial charge in [-0.05, 0) is 49.4 Å². The van der Waals surface area contributed by atoms with Gasteiger partial charge in [0.2, 0.25) is 0 Å². The quantitative estimate of drug-likeness (QED) is 0.825. The number of halogens is 2. The highest BCUT2D eigenvalue weighted by Gasteiger charge is 2.14. The molecule has 0 saturated heterocycles. The number of carbonyl (C=O) groups is 2. The lowest BCUT2D eigenvalue weighted by Gasteiger charge is -2.12. The third-order valence-electron chi connectivity index (χ3n) is 3.95. The maximum atomic E-state index is 13.3. The first-order valence-corrected chi connectivity index (χ1v) is 8.17. The molecule has 138 valence electrons. The van der Waals surface area contributed by atoms with Crippen LogP contribution in [0.3, 0.4) is 0 Å². The summed E-state index contributed by atoms with van der Waals surface area (Å²) in [5.41, 5.74) is 1.72. The van der Waals surface area contributed by atoms with E-state index in [1.165, 1.54) is 11.0 Å². The van der Waals surface area contributed by atoms with Gasteiger partial charge in [-0.1, -0.05) is 0 Å². The van der Waals surface area contributed by atoms with E-state index in [-0.39, 0.29) is 24.4 Å². The predicted molar refractivity (Wildman–Crippen MR) is 94.7 cm³/mol. The van der Waals surface area contributed by atoms with Crippen LogP contribution in [0, 0.1) is 11.6 Å². The minimum Gasteiger partial charge on any atom is -0.345 e. The number of hydrogen-bond acceptors (Lipinski definition) is 2. The fourth-order valence-electron chi connectivity index (χ4n) is 2.38. The van der Waals surface area contributed by atoms with Crippen molar-refractivity contribution in [3.8, 4) is 0 Å². The largest absolute Gasteiger partial charge is 0.345 e. The number of nitrogens with two attached hydrogens (primary N) is 1. The molecule has 5 nitrogen and oxygen atoms in total. The zero-order valence-corrected chi connectivity index (χ0v) is 14.9. The first-order chi connectivity index (χ1) is 12.3. The van der Waals surface area contributed by atoms with Crippen molar-refractivity contribution in [2.75, 3.05) is 26.0 Å². The van der Waals surface area contributed by atoms with Crippen LogP contribution < -0.4 is 10.6 Å². The molecule has 2 amide bonds. The first kappa shape index (κ1) is 19.5. The average molecular weight is 362 g/mol. The molecule has 2 rings (SSSR count). The molecule has 0 aliphatic carbocycles. The number of rotatable bonds is 6. The summed E-state index contributed by atoms with van der Waals surface area (Å²) in [7, 11) is 3.34. The van der Waals surface area contributed by atoms with Crippen molar-refractivity contribution in [1.29, 1.82) is 0 Å². The van der Waals surface area contributed by atoms with Gasteiger partial charge >= 0.3 is 0 Å². The Bertz CT molecular complexity index is 792. The second-order valence-electron chi connectivity index (χ2n) is 6.23. The van der Waals surface area contributed by atoms with Gasteiger partial charge in [-0.15, -0.1) is 0 Å². The maximum Gasteiger partial charge on any atom is 0.279 e. The molecule has 0 spiro atoms. The van der Waals surface area contributed by atoms with Gasteiger partial charge in [-0.25, -0.2) is 8.78 Å². The third kappa shape index (κ3) is 5.10. The zero-order chi connectivity index (χ0) is 19.3. The summed E-state index contributed by atoms with van der Waals surface area (Å²) in [5, 5.41) is 4.46. The molecule has 26 heavy (non-hydrogen) atoms. The second-order valence-corrected chi connectivity index (χ2v) is 6.23. The lowest BCUT2D eigenvalue weighted by Crippen LogP contribution is -2.86. The van der Waals surface area contributed by atoms with Gasteiger partial charge < -0.3 is 15.5 Å². The van der Waals surface area contributed by atoms with E-state index >= 15 is 0 Å². The second kappa shape index (κ2) is 8.53. The summed E-state index contributed by atoms with van der Waals surface area (Å²) in [4.78, 5) is 25.3. The molecule has 0 saturated carbocycles. The molecular formula is C19H22F2N3O2+. The normalized spacial score (nSPS) is 11.7. The fourth-order valence-corrected chi connectivity index (χ4v) is 2.38. The summed E-state index contributed by atoms with van der Waals surface area (Å²) in [6.07, 6.45) is 0. The first-order valence-electron chi connectivity index (χ1n) is 8.17. The molecule has 0 aliphatic heterocycles. The SMILES string of the molecule is C[C@@H]([NH2+]CC(=O)Nc1ccc(C(=O)N(C)C)cc1)c1ccc(F)c(F)c1. The number of nitrogens with zero attached hydrogens (tertiary/aromatic N) is 1. The number of hydrogen-bond donors (Lipinski definition) is 2. The van der Waals surface area contributed by atoms with Gasteiger partial charge in [0.15, 0.2) is 18.2 Å². The van der Waals surface area contributed by atoms with Crippen LogP contribution in [0.4, 0.5) is 14.5 Å². The van der Waals surface area contributed by atoms with E-state index < -0.39 is 11.6 Å². The number of quaternary nitrogens is 1. The Morgan fingerprint density at radius 3 is 2.31 bits per heavy atom. The Balaban J connectivity index is 1.88. The van der Waals surface area contributed by atoms with Crippen LogP contribution in [-0.2, 0) is 4.79 Å². The van der Waals surface area contributed by atoms with Crippen LogP contribution in [0.5, 0.6) is 0 Å². The third-order valence-corrected chi connectivity index (χ3v) is 3.95. The highest BCUT2D eigenvalue weighted by molar-refractivity contribution is 5.95. The van der Waals surface area contributed by atoms with Crippen molar-refractivity contribution in [3.63, 3.8) is 0 Å². The summed E-state index contributed by atoms with van der Waals surface area (Å²) in [6, 6.07) is 10.1. The van der Waals surface area contributed by atoms with E-state index in [0.717, 1.165) is 12.1 Å². The van der Waals surface area contributed by atoms with Crippen molar-refractivity contribution < 1.29 is 23.7 Å². The monoisotopic (exact) mass is 362 g/mol. The molecule has 1 atom stereocenters. The number of nitrogens with one attached hydrogen (secondary N) is 1. The summed E-state index contributed by atoms with van der Waals surface area (Å²) >= 11 is 0. The zero-order valence-electron chi connectivity index (χ0n) is 14.9. The van der Waals surface area contributed by atoms with Gasteiger partial charge in [0.05, 0.1) is 0 Å². The molecule has 0 aliphatic rings. The molecule has 0 radical (unpaired) electrons. The van der Waals surface area contributed by atoms with E-state index in [0.29, 0.717) is 16.8 Å². The topological polar surface area (TPSA) is 66.0 Å². The summed E-state index contributed by atoms with van der Waals surface area (Å²) in [5.74, 6) is -2.14. The number of benzene rings is 2. The number of anilines is 1. The molecule has 0 heterocycles. The van der Waals surface area contributed by atoms with Gasteiger partial charge in [0.25, 0.3) is 11.8 Å². The predicted octanol–water partition coefficient (Wildman–Crippen LogP) is 1.93. The average Bonchev–Trinajstić information content (AvgIpc) is 2.62. The van der Waals surface area contributed by atoms with Crippen LogP contribution in [0.2, 0.25) is 0 Å². The standard InChI is InChI=1S/C19H21F2N3O2/c1-12(14-6-9-16(20)17(21)10-14)22-11-18(25)23-15-7-4-13(5-8-15)19(26)24(2)3/h4-10,12,22H,11H2,1-3H3,(H,23,25)/p+1/t12-/m1/s1. The summed E-state index contributed by atoms with van der Waals surface area (Å²) < 4.78 is 26.2. The van der Waals surface area contributed by atoms with Crippen molar-refractivity contribution in [2.45, 2.75) is 13.0 Å². The molecule has 0 fully saturated rings. The van der Waals surface area contributed by atoms with Crippen LogP contribution in [0.15, 0.2) is 42.5 Å². The van der Waals surface area contributed by atoms with E-state index in [4.69, 9.17) is 0 Å². The maximum absolute atomic E-state index is 13.3. The Kier molecular flexibility index (Phi) is 6.41. The lowest BCUT2D eigenvalue weighted by molar-refractivity contribution is -0.682. The van der Waals surface area contributed by atoms with Gasteiger partial charge in [0, 0.05) is 30.9 Å². The molecule has 0 unspecified atom stereocenters. The molecule has 0 aromatic heterocycles. The van der Waals surface area contributed by atoms with Gasteiger partial charge in [-0.2, -0.15) is 0 Å². The Morgan fingerprint density at radius 1 is 1.08 bits per heavy atom. The molecule has 2 aromatic carbocycles. The van der Waals surface area contributed by atoms with Gasteiger partial charge in [0.1, 0.15) is 6.04 Å². The van der Waals surface area contributed by atoms with E-state index in [1.54, 1.807) is 43.7 Å². The number of amides is 2. The number of carbonyl (C=O) groups excluding carboxylic acids is 2. The molecule has 0 bridgehead atoms. The van der Waals surface area contributed by atoms with Crippen molar-refractivity contribution >= 4 is 17.5 Å². The van der Waals surface area contributed by atoms with Crippen LogP contribution in [0.1, 0.15) is 28.9 Å². The Morgan fingerprint density at radius 2 is 1.73 bits per heavy atom. The minimum absolute atomic E-state index is 0.114. The van der Waals surface area contributed by atoms with E-state index in [1.807, 2.05) is 6.92 Å². The Hall–Kier alpha value is -2.80. The highest BCUT2D eigenvalue weighted by atomic mass is 19.2. The van der Waals surface area contributed by atoms with E-state index in [2.05, 4.69) is 5.32 Å². The lowest BCUT2D eigenvalue weighted by atomic mass is 10.1. The Labute approximate surface area is 151 Å². The molecule has 7 heteroatoms. The van der Waals surface area contributed by atoms with Crippen LogP contribution >= 0.6 is 0 Å². The van der Waals surface area contributed by atoms with Crippen molar-refractivity contribution in [1.82, 2.24) is 4.90 Å². The minimum atomic E-state index is -0.903. The van der Waals surface area contributed by atoms with Crippen LogP contribution in [-0.4, -0.2) is 37.4 Å². The smallest absolute Gasteiger partial charge is 0.279 e. The summed E-state index contributed by atoms with van der Waals surface area (Å²) in [6.45, 7) is 1.93. The molecule has 3 N–H and O–H groups in total. The van der Waals surface area contributed by atoms with Gasteiger partial charge in [-0.3, -0.25) is 9.59 Å². The van der Waals surface area contributed by atoms with E-state index in [9.17, 15) is 18.4 Å².